The number of carbonyl (C=O) groups excluding carboxylic acids is 1. The Balaban J connectivity index is 1.60. The summed E-state index contributed by atoms with van der Waals surface area (Å²) in [6.07, 6.45) is 0.993. The molecule has 33 heavy (non-hydrogen) atoms. The summed E-state index contributed by atoms with van der Waals surface area (Å²) in [6.45, 7) is 1.82. The molecule has 11 heteroatoms. The van der Waals surface area contributed by atoms with Crippen molar-refractivity contribution in [3.63, 3.8) is 0 Å². The second kappa shape index (κ2) is 11.7. The van der Waals surface area contributed by atoms with Gasteiger partial charge in [0.05, 0.1) is 5.69 Å². The van der Waals surface area contributed by atoms with Crippen molar-refractivity contribution in [2.24, 2.45) is 10.4 Å². The number of likely N-dealkylation sites (N-methyl/N-ethyl adjacent to an activating group) is 1. The third-order valence-corrected chi connectivity index (χ3v) is 5.09. The van der Waals surface area contributed by atoms with Crippen LogP contribution in [0.4, 0.5) is 10.6 Å². The van der Waals surface area contributed by atoms with Crippen LogP contribution in [0.3, 0.4) is 0 Å². The number of nitrogens with zero attached hydrogens (tertiary/aromatic N) is 5. The predicted octanol–water partition coefficient (Wildman–Crippen LogP) is 3.50. The molecular formula is C22H28N8O3. The van der Waals surface area contributed by atoms with Crippen molar-refractivity contribution in [2.45, 2.75) is 25.6 Å². The predicted molar refractivity (Wildman–Crippen MR) is 123 cm³/mol. The minimum Gasteiger partial charge on any atom is -0.446 e. The number of oxime groups is 1. The lowest BCUT2D eigenvalue weighted by Gasteiger charge is -2.28. The number of hydrogen-bond donors (Lipinski definition) is 3. The summed E-state index contributed by atoms with van der Waals surface area (Å²) < 4.78 is 5.48. The molecule has 0 saturated carbocycles. The molecule has 0 atom stereocenters. The Hall–Kier alpha value is -3.86. The molecule has 174 valence electrons. The lowest BCUT2D eigenvalue weighted by molar-refractivity contribution is 0.0661. The third-order valence-electron chi connectivity index (χ3n) is 5.09. The highest BCUT2D eigenvalue weighted by atomic mass is 16.6. The van der Waals surface area contributed by atoms with E-state index in [2.05, 4.69) is 25.6 Å². The third kappa shape index (κ3) is 7.07. The van der Waals surface area contributed by atoms with Crippen LogP contribution in [0.15, 0.2) is 58.9 Å². The number of likely N-dealkylation sites (tertiary alicyclic amines) is 1. The van der Waals surface area contributed by atoms with E-state index in [0.717, 1.165) is 30.9 Å². The number of amidine groups is 1. The van der Waals surface area contributed by atoms with Crippen molar-refractivity contribution in [2.75, 3.05) is 32.5 Å². The quantitative estimate of drug-likeness (QED) is 0.242. The second-order valence-electron chi connectivity index (χ2n) is 7.60. The van der Waals surface area contributed by atoms with Gasteiger partial charge in [-0.1, -0.05) is 46.8 Å². The number of anilines is 1. The van der Waals surface area contributed by atoms with E-state index in [1.54, 1.807) is 30.3 Å². The fourth-order valence-electron chi connectivity index (χ4n) is 3.21. The summed E-state index contributed by atoms with van der Waals surface area (Å²) in [5, 5.41) is 19.3. The van der Waals surface area contributed by atoms with Crippen LogP contribution in [0.25, 0.3) is 0 Å². The first kappa shape index (κ1) is 23.8. The largest absolute Gasteiger partial charge is 0.446 e. The number of amides is 1. The van der Waals surface area contributed by atoms with Gasteiger partial charge in [-0.25, -0.2) is 14.8 Å². The van der Waals surface area contributed by atoms with Gasteiger partial charge in [0, 0.05) is 25.7 Å². The maximum atomic E-state index is 12.2. The molecule has 1 saturated heterocycles. The fraction of sp³-hybridized carbons (Fsp3) is 0.364. The van der Waals surface area contributed by atoms with Crippen LogP contribution in [-0.4, -0.2) is 65.8 Å². The monoisotopic (exact) mass is 452 g/mol. The molecule has 1 amide bonds. The van der Waals surface area contributed by atoms with Gasteiger partial charge in [0.25, 0.3) is 0 Å². The highest BCUT2D eigenvalue weighted by Crippen LogP contribution is 2.14. The maximum absolute atomic E-state index is 12.2. The lowest BCUT2D eigenvalue weighted by Crippen LogP contribution is -2.36. The van der Waals surface area contributed by atoms with Gasteiger partial charge in [0.15, 0.2) is 18.2 Å². The van der Waals surface area contributed by atoms with Gasteiger partial charge in [0.2, 0.25) is 0 Å². The van der Waals surface area contributed by atoms with Crippen LogP contribution in [0, 0.1) is 10.9 Å². The highest BCUT2D eigenvalue weighted by molar-refractivity contribution is 6.46. The van der Waals surface area contributed by atoms with Crippen molar-refractivity contribution in [1.29, 1.82) is 10.9 Å². The lowest BCUT2D eigenvalue weighted by atomic mass is 10.1. The molecule has 0 bridgehead atoms. The molecule has 2 heterocycles. The molecule has 1 aliphatic heterocycles. The topological polar surface area (TPSA) is 139 Å². The summed E-state index contributed by atoms with van der Waals surface area (Å²) >= 11 is 0. The highest BCUT2D eigenvalue weighted by Gasteiger charge is 2.20. The minimum atomic E-state index is -0.532. The van der Waals surface area contributed by atoms with Gasteiger partial charge in [-0.2, -0.15) is 5.53 Å². The molecule has 0 spiro atoms. The number of carbonyl (C=O) groups is 1. The summed E-state index contributed by atoms with van der Waals surface area (Å²) in [7, 11) is 3.53. The maximum Gasteiger partial charge on any atom is 0.413 e. The van der Waals surface area contributed by atoms with E-state index in [1.807, 2.05) is 25.2 Å². The number of hydrogen-bond acceptors (Lipinski definition) is 9. The van der Waals surface area contributed by atoms with Crippen molar-refractivity contribution < 1.29 is 14.4 Å². The Labute approximate surface area is 192 Å². The zero-order valence-electron chi connectivity index (χ0n) is 18.7. The Morgan fingerprint density at radius 1 is 1.21 bits per heavy atom. The Kier molecular flexibility index (Phi) is 8.42. The fourth-order valence-corrected chi connectivity index (χ4v) is 3.21. The summed E-state index contributed by atoms with van der Waals surface area (Å²) in [6, 6.07) is 14.2. The molecule has 1 aromatic heterocycles. The van der Waals surface area contributed by atoms with Gasteiger partial charge in [-0.3, -0.25) is 10.7 Å². The molecule has 0 aliphatic carbocycles. The van der Waals surface area contributed by atoms with Crippen LogP contribution < -0.4 is 5.32 Å². The molecule has 1 aromatic carbocycles. The summed E-state index contributed by atoms with van der Waals surface area (Å²) in [5.74, 6) is 0.262. The molecule has 0 unspecified atom stereocenters. The first-order valence-corrected chi connectivity index (χ1v) is 10.5. The number of pyridine rings is 1. The summed E-state index contributed by atoms with van der Waals surface area (Å²) in [4.78, 5) is 24.2. The van der Waals surface area contributed by atoms with Gasteiger partial charge in [-0.15, -0.1) is 0 Å². The number of nitrogens with one attached hydrogen (secondary N) is 3. The van der Waals surface area contributed by atoms with E-state index in [9.17, 15) is 4.79 Å². The van der Waals surface area contributed by atoms with Crippen LogP contribution >= 0.6 is 0 Å². The number of rotatable bonds is 8. The van der Waals surface area contributed by atoms with Crippen LogP contribution in [0.2, 0.25) is 0 Å². The molecule has 0 radical (unpaired) electrons. The molecule has 1 fully saturated rings. The molecule has 11 nitrogen and oxygen atoms in total. The molecular weight excluding hydrogens is 424 g/mol. The van der Waals surface area contributed by atoms with Gasteiger partial charge >= 0.3 is 6.09 Å². The van der Waals surface area contributed by atoms with Crippen molar-refractivity contribution in [3.05, 3.63) is 59.8 Å². The first-order valence-electron chi connectivity index (χ1n) is 10.5. The minimum absolute atomic E-state index is 0.0187. The Morgan fingerprint density at radius 3 is 2.64 bits per heavy atom. The number of ether oxygens (including phenoxy) is 1. The SMILES string of the molecule is CN1CCC(OC(=O)Nc2cccc(CON=C(C(=N)N(C)N=N)c3ccccc3)n2)CC1. The first-order chi connectivity index (χ1) is 16.0. The van der Waals surface area contributed by atoms with Gasteiger partial charge < -0.3 is 14.5 Å². The molecule has 3 rings (SSSR count). The number of piperidine rings is 1. The Morgan fingerprint density at radius 2 is 1.94 bits per heavy atom. The van der Waals surface area contributed by atoms with E-state index >= 15 is 0 Å². The van der Waals surface area contributed by atoms with E-state index in [-0.39, 0.29) is 24.3 Å². The second-order valence-corrected chi connectivity index (χ2v) is 7.60. The van der Waals surface area contributed by atoms with Crippen LogP contribution in [-0.2, 0) is 16.2 Å². The smallest absolute Gasteiger partial charge is 0.413 e. The zero-order chi connectivity index (χ0) is 23.6. The van der Waals surface area contributed by atoms with Crippen molar-refractivity contribution >= 4 is 23.5 Å². The zero-order valence-corrected chi connectivity index (χ0v) is 18.7. The average molecular weight is 453 g/mol. The normalized spacial score (nSPS) is 14.9. The Bertz CT molecular complexity index is 990. The van der Waals surface area contributed by atoms with E-state index in [4.69, 9.17) is 20.5 Å². The van der Waals surface area contributed by atoms with Crippen LogP contribution in [0.5, 0.6) is 0 Å². The standard InChI is InChI=1S/C22H28N8O3/c1-29-13-11-18(12-14-29)33-22(31)26-19-10-6-9-17(25-19)15-32-27-20(21(23)30(2)28-24)16-7-4-3-5-8-16/h3-10,18,23-24H,11-15H2,1-2H3,(H,25,26,31). The molecule has 3 N–H and O–H groups in total. The van der Waals surface area contributed by atoms with E-state index in [1.165, 1.54) is 7.05 Å². The average Bonchev–Trinajstić information content (AvgIpc) is 2.83. The van der Waals surface area contributed by atoms with E-state index < -0.39 is 6.09 Å². The number of benzene rings is 1. The number of aromatic nitrogens is 1. The van der Waals surface area contributed by atoms with Gasteiger partial charge in [-0.05, 0) is 32.0 Å². The van der Waals surface area contributed by atoms with Gasteiger partial charge in [0.1, 0.15) is 11.9 Å². The van der Waals surface area contributed by atoms with Crippen LogP contribution in [0.1, 0.15) is 24.1 Å². The molecule has 1 aliphatic rings. The van der Waals surface area contributed by atoms with Crippen molar-refractivity contribution in [1.82, 2.24) is 14.9 Å². The van der Waals surface area contributed by atoms with E-state index in [0.29, 0.717) is 17.1 Å². The molecule has 2 aromatic rings. The summed E-state index contributed by atoms with van der Waals surface area (Å²) in [5.41, 5.74) is 8.55. The van der Waals surface area contributed by atoms with Crippen molar-refractivity contribution in [3.8, 4) is 0 Å².